The molecule has 6 nitrogen and oxygen atoms in total. The van der Waals surface area contributed by atoms with E-state index in [0.717, 1.165) is 41.8 Å². The molecule has 1 aromatic carbocycles. The van der Waals surface area contributed by atoms with Gasteiger partial charge in [-0.05, 0) is 30.9 Å². The van der Waals surface area contributed by atoms with Gasteiger partial charge in [0.2, 0.25) is 0 Å². The fraction of sp³-hybridized carbons (Fsp3) is 0.652. The molecule has 2 unspecified atom stereocenters. The Morgan fingerprint density at radius 2 is 2.14 bits per heavy atom. The third-order valence-electron chi connectivity index (χ3n) is 8.89. The second-order valence-electron chi connectivity index (χ2n) is 10.2. The van der Waals surface area contributed by atoms with Gasteiger partial charge in [-0.15, -0.1) is 0 Å². The Bertz CT molecular complexity index is 956. The van der Waals surface area contributed by atoms with E-state index in [-0.39, 0.29) is 5.78 Å². The average molecular weight is 397 g/mol. The highest BCUT2D eigenvalue weighted by Gasteiger charge is 2.77. The van der Waals surface area contributed by atoms with Gasteiger partial charge in [-0.2, -0.15) is 0 Å². The van der Waals surface area contributed by atoms with Crippen LogP contribution in [0.2, 0.25) is 0 Å². The molecule has 1 amide bonds. The van der Waals surface area contributed by atoms with E-state index < -0.39 is 23.0 Å². The van der Waals surface area contributed by atoms with Crippen molar-refractivity contribution in [3.05, 3.63) is 28.8 Å². The maximum Gasteiger partial charge on any atom is 0.252 e. The number of benzene rings is 1. The minimum absolute atomic E-state index is 0.134. The molecule has 1 aromatic rings. The molecule has 1 saturated heterocycles. The molecular weight excluding hydrogens is 368 g/mol. The number of piperidine rings is 1. The fourth-order valence-electron chi connectivity index (χ4n) is 7.53. The minimum Gasteiger partial charge on any atom is -0.480 e. The van der Waals surface area contributed by atoms with Gasteiger partial charge in [0.05, 0.1) is 31.1 Å². The highest BCUT2D eigenvalue weighted by atomic mass is 16.5. The number of amides is 1. The summed E-state index contributed by atoms with van der Waals surface area (Å²) in [5.74, 6) is 1.00. The maximum atomic E-state index is 13.1. The van der Waals surface area contributed by atoms with Gasteiger partial charge in [0, 0.05) is 37.9 Å². The predicted molar refractivity (Wildman–Crippen MR) is 106 cm³/mol. The third kappa shape index (κ3) is 1.95. The lowest BCUT2D eigenvalue weighted by Gasteiger charge is -2.65. The van der Waals surface area contributed by atoms with Gasteiger partial charge in [-0.3, -0.25) is 9.59 Å². The van der Waals surface area contributed by atoms with Crippen LogP contribution in [-0.2, 0) is 21.4 Å². The van der Waals surface area contributed by atoms with Crippen molar-refractivity contribution in [1.82, 2.24) is 0 Å². The predicted octanol–water partition coefficient (Wildman–Crippen LogP) is 1.72. The monoisotopic (exact) mass is 397 g/mol. The molecule has 5 aliphatic rings. The third-order valence-corrected chi connectivity index (χ3v) is 8.89. The largest absolute Gasteiger partial charge is 0.480 e. The van der Waals surface area contributed by atoms with Crippen molar-refractivity contribution in [2.75, 3.05) is 27.2 Å². The van der Waals surface area contributed by atoms with E-state index in [9.17, 15) is 9.59 Å². The first-order chi connectivity index (χ1) is 13.9. The number of carbonyl (C=O) groups excluding carboxylic acids is 2. The smallest absolute Gasteiger partial charge is 0.252 e. The van der Waals surface area contributed by atoms with Gasteiger partial charge < -0.3 is 19.7 Å². The van der Waals surface area contributed by atoms with Crippen LogP contribution in [-0.4, -0.2) is 61.2 Å². The lowest BCUT2D eigenvalue weighted by molar-refractivity contribution is -0.950. The van der Waals surface area contributed by atoms with Crippen LogP contribution in [0.5, 0.6) is 5.75 Å². The molecule has 5 atom stereocenters. The molecule has 6 rings (SSSR count). The lowest BCUT2D eigenvalue weighted by atomic mass is 9.48. The first-order valence-electron chi connectivity index (χ1n) is 10.9. The number of hydrogen-bond donors (Lipinski definition) is 1. The van der Waals surface area contributed by atoms with Gasteiger partial charge in [-0.1, -0.05) is 6.07 Å². The van der Waals surface area contributed by atoms with Crippen LogP contribution >= 0.6 is 0 Å². The number of methoxy groups -OCH3 is 1. The van der Waals surface area contributed by atoms with Crippen LogP contribution in [0.25, 0.3) is 0 Å². The van der Waals surface area contributed by atoms with Crippen LogP contribution in [0.3, 0.4) is 0 Å². The van der Waals surface area contributed by atoms with Crippen LogP contribution in [0.4, 0.5) is 0 Å². The summed E-state index contributed by atoms with van der Waals surface area (Å²) in [5.41, 5.74) is 7.37. The normalized spacial score (nSPS) is 41.7. The number of primary amides is 1. The molecule has 0 radical (unpaired) electrons. The fourth-order valence-corrected chi connectivity index (χ4v) is 7.53. The van der Waals surface area contributed by atoms with Crippen LogP contribution in [0.1, 0.15) is 53.6 Å². The number of ether oxygens (including phenoxy) is 2. The summed E-state index contributed by atoms with van der Waals surface area (Å²) in [6, 6.07) is 4.12. The van der Waals surface area contributed by atoms with Crippen molar-refractivity contribution in [3.63, 3.8) is 0 Å². The van der Waals surface area contributed by atoms with Crippen molar-refractivity contribution in [2.45, 2.75) is 61.7 Å². The SMILES string of the molecule is CO[C@@]12CCC(=O)C3Oc4c(C(N)=O)ccc5c4[C@@]31CC[N+](C)(CC1CC1)[C@@H]2C5. The van der Waals surface area contributed by atoms with Gasteiger partial charge in [0.15, 0.2) is 11.9 Å². The molecule has 0 aromatic heterocycles. The lowest BCUT2D eigenvalue weighted by Crippen LogP contribution is -2.81. The van der Waals surface area contributed by atoms with Crippen molar-refractivity contribution in [3.8, 4) is 5.75 Å². The zero-order valence-corrected chi connectivity index (χ0v) is 17.2. The molecule has 6 heteroatoms. The summed E-state index contributed by atoms with van der Waals surface area (Å²) in [5, 5.41) is 0. The number of hydrogen-bond acceptors (Lipinski definition) is 4. The van der Waals surface area contributed by atoms with Crippen LogP contribution in [0.15, 0.2) is 12.1 Å². The molecule has 2 N–H and O–H groups in total. The summed E-state index contributed by atoms with van der Waals surface area (Å²) in [6.45, 7) is 2.20. The van der Waals surface area contributed by atoms with Gasteiger partial charge >= 0.3 is 0 Å². The first-order valence-corrected chi connectivity index (χ1v) is 10.9. The Morgan fingerprint density at radius 1 is 1.34 bits per heavy atom. The highest BCUT2D eigenvalue weighted by Crippen LogP contribution is 2.66. The van der Waals surface area contributed by atoms with E-state index in [1.807, 2.05) is 13.2 Å². The van der Waals surface area contributed by atoms with Gasteiger partial charge in [-0.25, -0.2) is 0 Å². The quantitative estimate of drug-likeness (QED) is 0.785. The number of rotatable bonds is 4. The van der Waals surface area contributed by atoms with E-state index in [1.54, 1.807) is 6.07 Å². The molecule has 2 saturated carbocycles. The molecule has 2 bridgehead atoms. The Morgan fingerprint density at radius 3 is 2.83 bits per heavy atom. The second-order valence-corrected chi connectivity index (χ2v) is 10.2. The van der Waals surface area contributed by atoms with E-state index in [4.69, 9.17) is 15.2 Å². The van der Waals surface area contributed by atoms with Crippen molar-refractivity contribution in [2.24, 2.45) is 11.7 Å². The van der Waals surface area contributed by atoms with Crippen LogP contribution < -0.4 is 10.5 Å². The summed E-state index contributed by atoms with van der Waals surface area (Å²) < 4.78 is 13.8. The molecular formula is C23H29N2O4+. The Balaban J connectivity index is 1.62. The van der Waals surface area contributed by atoms with E-state index in [0.29, 0.717) is 23.8 Å². The van der Waals surface area contributed by atoms with Gasteiger partial charge in [0.25, 0.3) is 5.91 Å². The summed E-state index contributed by atoms with van der Waals surface area (Å²) in [7, 11) is 4.21. The van der Waals surface area contributed by atoms with E-state index >= 15 is 0 Å². The Kier molecular flexibility index (Phi) is 3.34. The minimum atomic E-state index is -0.567. The number of carbonyl (C=O) groups is 2. The molecule has 1 spiro atoms. The molecule has 3 fully saturated rings. The first kappa shape index (κ1) is 17.9. The Hall–Kier alpha value is -1.92. The number of nitrogens with zero attached hydrogens (tertiary/aromatic N) is 1. The number of nitrogens with two attached hydrogens (primary N) is 1. The zero-order valence-electron chi connectivity index (χ0n) is 17.2. The molecule has 3 aliphatic carbocycles. The summed E-state index contributed by atoms with van der Waals surface area (Å²) in [4.78, 5) is 25.2. The zero-order chi connectivity index (χ0) is 20.2. The highest BCUT2D eigenvalue weighted by molar-refractivity contribution is 5.98. The molecule has 154 valence electrons. The van der Waals surface area contributed by atoms with E-state index in [2.05, 4.69) is 7.05 Å². The van der Waals surface area contributed by atoms with Crippen molar-refractivity contribution >= 4 is 11.7 Å². The molecule has 2 aliphatic heterocycles. The second kappa shape index (κ2) is 5.41. The topological polar surface area (TPSA) is 78.6 Å². The van der Waals surface area contributed by atoms with Gasteiger partial charge in [0.1, 0.15) is 17.4 Å². The average Bonchev–Trinajstić information content (AvgIpc) is 3.43. The van der Waals surface area contributed by atoms with E-state index in [1.165, 1.54) is 24.9 Å². The number of likely N-dealkylation sites (tertiary alicyclic amines) is 1. The Labute approximate surface area is 170 Å². The molecule has 2 heterocycles. The summed E-state index contributed by atoms with van der Waals surface area (Å²) in [6.07, 6.45) is 5.03. The number of likely N-dealkylation sites (N-methyl/N-ethyl adjacent to an activating group) is 1. The number of ketones is 1. The number of quaternary nitrogens is 1. The summed E-state index contributed by atoms with van der Waals surface area (Å²) >= 11 is 0. The van der Waals surface area contributed by atoms with Crippen molar-refractivity contribution < 1.29 is 23.5 Å². The van der Waals surface area contributed by atoms with Crippen LogP contribution in [0, 0.1) is 5.92 Å². The standard InChI is InChI=1S/C23H28N2O4/c1-25(12-13-3-4-13)10-9-22-18-14-5-6-15(21(24)27)19(18)29-20(22)16(26)7-8-23(22,28-2)17(25)11-14/h5-6,13,17,20H,3-4,7-12H2,1-2H3,(H-,24,27)/p+1/t17-,20?,22+,23-,25?/m1/s1. The van der Waals surface area contributed by atoms with Crippen molar-refractivity contribution in [1.29, 1.82) is 0 Å². The number of Topliss-reactive ketones (excluding diaryl/α,β-unsaturated/α-hetero) is 1. The maximum absolute atomic E-state index is 13.1. The molecule has 29 heavy (non-hydrogen) atoms.